The average Bonchev–Trinajstić information content (AvgIpc) is 2.46. The van der Waals surface area contributed by atoms with Crippen molar-refractivity contribution >= 4 is 0 Å². The van der Waals surface area contributed by atoms with Gasteiger partial charge in [0.05, 0.1) is 6.61 Å². The van der Waals surface area contributed by atoms with Gasteiger partial charge in [-0.05, 0) is 45.4 Å². The van der Waals surface area contributed by atoms with Crippen molar-refractivity contribution in [3.05, 3.63) is 29.8 Å². The van der Waals surface area contributed by atoms with E-state index < -0.39 is 0 Å². The van der Waals surface area contributed by atoms with Crippen LogP contribution in [0.15, 0.2) is 24.3 Å². The van der Waals surface area contributed by atoms with E-state index in [9.17, 15) is 0 Å². The lowest BCUT2D eigenvalue weighted by Gasteiger charge is -2.31. The van der Waals surface area contributed by atoms with Gasteiger partial charge in [-0.3, -0.25) is 0 Å². The van der Waals surface area contributed by atoms with Crippen molar-refractivity contribution in [2.45, 2.75) is 51.5 Å². The van der Waals surface area contributed by atoms with Gasteiger partial charge in [0.2, 0.25) is 0 Å². The van der Waals surface area contributed by atoms with E-state index in [4.69, 9.17) is 4.74 Å². The maximum atomic E-state index is 5.77. The van der Waals surface area contributed by atoms with Crippen LogP contribution in [0.3, 0.4) is 0 Å². The second-order valence-corrected chi connectivity index (χ2v) is 5.79. The molecule has 0 spiro atoms. The summed E-state index contributed by atoms with van der Waals surface area (Å²) in [5.41, 5.74) is 1.28. The molecule has 0 aliphatic heterocycles. The van der Waals surface area contributed by atoms with Crippen molar-refractivity contribution in [1.82, 2.24) is 4.90 Å². The summed E-state index contributed by atoms with van der Waals surface area (Å²) < 4.78 is 5.77. The van der Waals surface area contributed by atoms with Crippen molar-refractivity contribution < 1.29 is 4.74 Å². The summed E-state index contributed by atoms with van der Waals surface area (Å²) in [6.07, 6.45) is 8.14. The summed E-state index contributed by atoms with van der Waals surface area (Å²) in [7, 11) is 2.27. The first-order chi connectivity index (χ1) is 9.25. The lowest BCUT2D eigenvalue weighted by molar-refractivity contribution is 0.177. The summed E-state index contributed by atoms with van der Waals surface area (Å²) in [5.74, 6) is 0.992. The molecule has 1 saturated carbocycles. The minimum atomic E-state index is 0.813. The Kier molecular flexibility index (Phi) is 5.71. The Morgan fingerprint density at radius 1 is 1.11 bits per heavy atom. The fraction of sp³-hybridized carbons (Fsp3) is 0.647. The van der Waals surface area contributed by atoms with Gasteiger partial charge in [0.15, 0.2) is 0 Å². The van der Waals surface area contributed by atoms with Crippen LogP contribution in [-0.4, -0.2) is 31.1 Å². The van der Waals surface area contributed by atoms with Gasteiger partial charge in [-0.1, -0.05) is 37.0 Å². The zero-order valence-corrected chi connectivity index (χ0v) is 12.4. The van der Waals surface area contributed by atoms with E-state index in [-0.39, 0.29) is 0 Å². The fourth-order valence-corrected chi connectivity index (χ4v) is 2.84. The smallest absolute Gasteiger partial charge is 0.119 e. The molecule has 2 heteroatoms. The lowest BCUT2D eigenvalue weighted by Crippen LogP contribution is -2.34. The Morgan fingerprint density at radius 3 is 2.47 bits per heavy atom. The maximum absolute atomic E-state index is 5.77. The zero-order valence-electron chi connectivity index (χ0n) is 12.4. The second-order valence-electron chi connectivity index (χ2n) is 5.79. The maximum Gasteiger partial charge on any atom is 0.119 e. The molecule has 1 aliphatic rings. The van der Waals surface area contributed by atoms with Crippen LogP contribution in [0, 0.1) is 6.92 Å². The minimum Gasteiger partial charge on any atom is -0.494 e. The summed E-state index contributed by atoms with van der Waals surface area (Å²) in [6.45, 7) is 4.07. The van der Waals surface area contributed by atoms with Gasteiger partial charge in [0.25, 0.3) is 0 Å². The van der Waals surface area contributed by atoms with Crippen LogP contribution >= 0.6 is 0 Å². The van der Waals surface area contributed by atoms with Crippen LogP contribution in [0.1, 0.15) is 44.1 Å². The number of rotatable bonds is 6. The number of nitrogens with zero attached hydrogens (tertiary/aromatic N) is 1. The minimum absolute atomic E-state index is 0.813. The highest BCUT2D eigenvalue weighted by Gasteiger charge is 2.17. The molecule has 0 heterocycles. The molecular weight excluding hydrogens is 234 g/mol. The number of hydrogen-bond donors (Lipinski definition) is 0. The molecule has 0 saturated heterocycles. The monoisotopic (exact) mass is 261 g/mol. The van der Waals surface area contributed by atoms with E-state index in [1.807, 2.05) is 0 Å². The topological polar surface area (TPSA) is 12.5 Å². The molecule has 1 aromatic rings. The quantitative estimate of drug-likeness (QED) is 0.717. The van der Waals surface area contributed by atoms with Gasteiger partial charge in [-0.2, -0.15) is 0 Å². The largest absolute Gasteiger partial charge is 0.494 e. The van der Waals surface area contributed by atoms with Gasteiger partial charge in [-0.25, -0.2) is 0 Å². The standard InChI is InChI=1S/C17H27NO/c1-15-9-11-17(12-10-15)19-14-6-13-18(2)16-7-4-3-5-8-16/h9-12,16H,3-8,13-14H2,1-2H3. The third-order valence-electron chi connectivity index (χ3n) is 4.14. The lowest BCUT2D eigenvalue weighted by atomic mass is 9.94. The van der Waals surface area contributed by atoms with Gasteiger partial charge >= 0.3 is 0 Å². The van der Waals surface area contributed by atoms with Crippen LogP contribution < -0.4 is 4.74 Å². The fourth-order valence-electron chi connectivity index (χ4n) is 2.84. The Balaban J connectivity index is 1.62. The number of ether oxygens (including phenoxy) is 1. The summed E-state index contributed by atoms with van der Waals surface area (Å²) in [4.78, 5) is 2.53. The molecule has 0 aromatic heterocycles. The summed E-state index contributed by atoms with van der Waals surface area (Å²) >= 11 is 0. The average molecular weight is 261 g/mol. The van der Waals surface area contributed by atoms with Gasteiger partial charge < -0.3 is 9.64 Å². The van der Waals surface area contributed by atoms with Crippen LogP contribution in [0.5, 0.6) is 5.75 Å². The molecule has 1 aromatic carbocycles. The van der Waals surface area contributed by atoms with E-state index in [1.54, 1.807) is 0 Å². The highest BCUT2D eigenvalue weighted by Crippen LogP contribution is 2.21. The molecule has 0 amide bonds. The molecule has 0 N–H and O–H groups in total. The van der Waals surface area contributed by atoms with E-state index in [2.05, 4.69) is 43.1 Å². The Hall–Kier alpha value is -1.02. The molecule has 1 aliphatic carbocycles. The first-order valence-corrected chi connectivity index (χ1v) is 7.65. The third kappa shape index (κ3) is 4.87. The molecule has 19 heavy (non-hydrogen) atoms. The van der Waals surface area contributed by atoms with Crippen molar-refractivity contribution in [3.8, 4) is 5.75 Å². The molecule has 1 fully saturated rings. The van der Waals surface area contributed by atoms with E-state index in [0.29, 0.717) is 0 Å². The highest BCUT2D eigenvalue weighted by molar-refractivity contribution is 5.26. The van der Waals surface area contributed by atoms with E-state index in [0.717, 1.165) is 31.4 Å². The molecule has 0 atom stereocenters. The van der Waals surface area contributed by atoms with Crippen molar-refractivity contribution in [3.63, 3.8) is 0 Å². The van der Waals surface area contributed by atoms with Crippen LogP contribution in [0.2, 0.25) is 0 Å². The summed E-state index contributed by atoms with van der Waals surface area (Å²) in [6, 6.07) is 9.13. The number of benzene rings is 1. The predicted molar refractivity (Wildman–Crippen MR) is 80.8 cm³/mol. The Bertz CT molecular complexity index is 354. The molecule has 0 unspecified atom stereocenters. The molecule has 0 radical (unpaired) electrons. The van der Waals surface area contributed by atoms with E-state index >= 15 is 0 Å². The molecule has 0 bridgehead atoms. The first-order valence-electron chi connectivity index (χ1n) is 7.65. The molecule has 106 valence electrons. The van der Waals surface area contributed by atoms with Gasteiger partial charge in [0.1, 0.15) is 5.75 Å². The Morgan fingerprint density at radius 2 is 1.79 bits per heavy atom. The number of hydrogen-bond acceptors (Lipinski definition) is 2. The Labute approximate surface area is 117 Å². The first kappa shape index (κ1) is 14.4. The normalized spacial score (nSPS) is 16.8. The van der Waals surface area contributed by atoms with Crippen molar-refractivity contribution in [1.29, 1.82) is 0 Å². The summed E-state index contributed by atoms with van der Waals surface area (Å²) in [5, 5.41) is 0. The second kappa shape index (κ2) is 7.54. The SMILES string of the molecule is Cc1ccc(OCCCN(C)C2CCCCC2)cc1. The van der Waals surface area contributed by atoms with Crippen LogP contribution in [0.25, 0.3) is 0 Å². The number of aryl methyl sites for hydroxylation is 1. The van der Waals surface area contributed by atoms with E-state index in [1.165, 1.54) is 37.7 Å². The van der Waals surface area contributed by atoms with Crippen molar-refractivity contribution in [2.24, 2.45) is 0 Å². The molecular formula is C17H27NO. The van der Waals surface area contributed by atoms with Gasteiger partial charge in [0, 0.05) is 12.6 Å². The molecule has 2 nitrogen and oxygen atoms in total. The zero-order chi connectivity index (χ0) is 13.5. The van der Waals surface area contributed by atoms with Gasteiger partial charge in [-0.15, -0.1) is 0 Å². The molecule has 2 rings (SSSR count). The van der Waals surface area contributed by atoms with Crippen LogP contribution in [0.4, 0.5) is 0 Å². The van der Waals surface area contributed by atoms with Crippen LogP contribution in [-0.2, 0) is 0 Å². The predicted octanol–water partition coefficient (Wildman–Crippen LogP) is 4.03. The highest BCUT2D eigenvalue weighted by atomic mass is 16.5. The van der Waals surface area contributed by atoms with Crippen molar-refractivity contribution in [2.75, 3.05) is 20.2 Å². The third-order valence-corrected chi connectivity index (χ3v) is 4.14.